The first-order valence-electron chi connectivity index (χ1n) is 3.47. The second-order valence-electron chi connectivity index (χ2n) is 2.18. The Labute approximate surface area is 75.3 Å². The van der Waals surface area contributed by atoms with Gasteiger partial charge in [-0.05, 0) is 19.1 Å². The molecule has 0 fully saturated rings. The topological polar surface area (TPSA) is 12.4 Å². The second kappa shape index (κ2) is 3.67. The van der Waals surface area contributed by atoms with Gasteiger partial charge in [0.2, 0.25) is 0 Å². The number of hydrogen-bond acceptors (Lipinski definition) is 1. The fraction of sp³-hybridized carbons (Fsp3) is 0.222. The molecule has 0 aromatic rings. The molecule has 0 amide bonds. The third kappa shape index (κ3) is 1.69. The van der Waals surface area contributed by atoms with Gasteiger partial charge in [0.05, 0.1) is 5.71 Å². The quantitative estimate of drug-likeness (QED) is 0.585. The number of hydrogen-bond donors (Lipinski definition) is 0. The summed E-state index contributed by atoms with van der Waals surface area (Å²) in [5.41, 5.74) is 2.19. The third-order valence-corrected chi connectivity index (χ3v) is 2.25. The van der Waals surface area contributed by atoms with Gasteiger partial charge < -0.3 is 0 Å². The van der Waals surface area contributed by atoms with Crippen molar-refractivity contribution in [2.75, 3.05) is 7.05 Å². The molecule has 1 aliphatic carbocycles. The van der Waals surface area contributed by atoms with E-state index in [1.807, 2.05) is 31.2 Å². The van der Waals surface area contributed by atoms with Crippen molar-refractivity contribution in [2.24, 2.45) is 4.99 Å². The second-order valence-corrected chi connectivity index (χ2v) is 3.04. The highest BCUT2D eigenvalue weighted by Gasteiger charge is 2.07. The van der Waals surface area contributed by atoms with Crippen molar-refractivity contribution in [3.8, 4) is 0 Å². The molecule has 0 bridgehead atoms. The molecule has 1 nitrogen and oxygen atoms in total. The molecule has 0 N–H and O–H groups in total. The predicted molar refractivity (Wildman–Crippen MR) is 53.3 cm³/mol. The summed E-state index contributed by atoms with van der Waals surface area (Å²) >= 11 is 3.46. The minimum atomic E-state index is 1.03. The first-order chi connectivity index (χ1) is 5.29. The summed E-state index contributed by atoms with van der Waals surface area (Å²) in [7, 11) is 1.80. The van der Waals surface area contributed by atoms with E-state index in [2.05, 4.69) is 20.9 Å². The zero-order valence-electron chi connectivity index (χ0n) is 6.63. The fourth-order valence-corrected chi connectivity index (χ4v) is 1.59. The Hall–Kier alpha value is -0.630. The van der Waals surface area contributed by atoms with Gasteiger partial charge in [-0.2, -0.15) is 0 Å². The van der Waals surface area contributed by atoms with E-state index in [0.29, 0.717) is 0 Å². The number of allylic oxidation sites excluding steroid dienone is 6. The molecule has 58 valence electrons. The van der Waals surface area contributed by atoms with Crippen LogP contribution >= 0.6 is 15.9 Å². The molecule has 0 spiro atoms. The van der Waals surface area contributed by atoms with E-state index in [0.717, 1.165) is 15.8 Å². The minimum Gasteiger partial charge on any atom is -0.288 e. The largest absolute Gasteiger partial charge is 0.288 e. The van der Waals surface area contributed by atoms with Crippen molar-refractivity contribution in [1.29, 1.82) is 0 Å². The van der Waals surface area contributed by atoms with Crippen LogP contribution in [0.15, 0.2) is 39.4 Å². The molecule has 0 aliphatic heterocycles. The first kappa shape index (κ1) is 8.47. The number of rotatable bonds is 0. The van der Waals surface area contributed by atoms with Crippen molar-refractivity contribution >= 4 is 21.6 Å². The van der Waals surface area contributed by atoms with Crippen LogP contribution in [0.1, 0.15) is 6.92 Å². The van der Waals surface area contributed by atoms with E-state index in [-0.39, 0.29) is 0 Å². The molecule has 1 aliphatic rings. The van der Waals surface area contributed by atoms with Crippen LogP contribution in [0, 0.1) is 0 Å². The first-order valence-corrected chi connectivity index (χ1v) is 4.26. The van der Waals surface area contributed by atoms with Crippen LogP contribution in [0.5, 0.6) is 0 Å². The van der Waals surface area contributed by atoms with Gasteiger partial charge >= 0.3 is 0 Å². The van der Waals surface area contributed by atoms with Gasteiger partial charge in [0.1, 0.15) is 0 Å². The molecule has 0 heterocycles. The van der Waals surface area contributed by atoms with Crippen molar-refractivity contribution in [1.82, 2.24) is 0 Å². The summed E-state index contributed by atoms with van der Waals surface area (Å²) in [6.07, 6.45) is 8.05. The standard InChI is InChI=1S/C9H10BrN/c1-3-7-8(10)5-4-6-9(7)11-2/h3-6H,1-2H3/b7-3-,11-9?. The Morgan fingerprint density at radius 3 is 2.73 bits per heavy atom. The van der Waals surface area contributed by atoms with Crippen LogP contribution < -0.4 is 0 Å². The number of aliphatic imine (C=N–C) groups is 1. The zero-order chi connectivity index (χ0) is 8.27. The average Bonchev–Trinajstić information content (AvgIpc) is 2.04. The van der Waals surface area contributed by atoms with Gasteiger partial charge in [0.25, 0.3) is 0 Å². The Bertz CT molecular complexity index is 269. The van der Waals surface area contributed by atoms with Gasteiger partial charge in [-0.15, -0.1) is 0 Å². The summed E-state index contributed by atoms with van der Waals surface area (Å²) in [5.74, 6) is 0. The van der Waals surface area contributed by atoms with Crippen LogP contribution in [0.2, 0.25) is 0 Å². The molecule has 1 rings (SSSR count). The summed E-state index contributed by atoms with van der Waals surface area (Å²) in [5, 5.41) is 0. The van der Waals surface area contributed by atoms with Crippen LogP contribution in [0.4, 0.5) is 0 Å². The smallest absolute Gasteiger partial charge is 0.0651 e. The zero-order valence-corrected chi connectivity index (χ0v) is 8.22. The fourth-order valence-electron chi connectivity index (χ4n) is 1.01. The average molecular weight is 212 g/mol. The lowest BCUT2D eigenvalue weighted by Gasteiger charge is -2.08. The third-order valence-electron chi connectivity index (χ3n) is 1.56. The molecule has 0 radical (unpaired) electrons. The van der Waals surface area contributed by atoms with Crippen molar-refractivity contribution in [3.05, 3.63) is 34.4 Å². The number of nitrogens with zero attached hydrogens (tertiary/aromatic N) is 1. The molecule has 0 saturated carbocycles. The van der Waals surface area contributed by atoms with E-state index in [1.165, 1.54) is 0 Å². The highest BCUT2D eigenvalue weighted by Crippen LogP contribution is 2.22. The molecular weight excluding hydrogens is 202 g/mol. The van der Waals surface area contributed by atoms with E-state index >= 15 is 0 Å². The van der Waals surface area contributed by atoms with Crippen LogP contribution in [0.25, 0.3) is 0 Å². The Morgan fingerprint density at radius 2 is 2.27 bits per heavy atom. The van der Waals surface area contributed by atoms with E-state index < -0.39 is 0 Å². The summed E-state index contributed by atoms with van der Waals surface area (Å²) in [6, 6.07) is 0. The van der Waals surface area contributed by atoms with Crippen LogP contribution in [0.3, 0.4) is 0 Å². The normalized spacial score (nSPS) is 24.5. The van der Waals surface area contributed by atoms with Gasteiger partial charge in [0.15, 0.2) is 0 Å². The lowest BCUT2D eigenvalue weighted by molar-refractivity contribution is 1.42. The summed E-state index contributed by atoms with van der Waals surface area (Å²) in [6.45, 7) is 2.01. The maximum Gasteiger partial charge on any atom is 0.0651 e. The molecule has 2 heteroatoms. The summed E-state index contributed by atoms with van der Waals surface area (Å²) in [4.78, 5) is 4.14. The number of halogens is 1. The molecule has 0 aromatic carbocycles. The van der Waals surface area contributed by atoms with E-state index in [1.54, 1.807) is 7.05 Å². The lowest BCUT2D eigenvalue weighted by atomic mass is 10.1. The Balaban J connectivity index is 3.08. The predicted octanol–water partition coefficient (Wildman–Crippen LogP) is 2.85. The van der Waals surface area contributed by atoms with Crippen LogP contribution in [-0.2, 0) is 0 Å². The summed E-state index contributed by atoms with van der Waals surface area (Å²) < 4.78 is 1.10. The maximum atomic E-state index is 4.14. The van der Waals surface area contributed by atoms with Crippen molar-refractivity contribution < 1.29 is 0 Å². The van der Waals surface area contributed by atoms with Crippen molar-refractivity contribution in [3.63, 3.8) is 0 Å². The highest BCUT2D eigenvalue weighted by molar-refractivity contribution is 9.12. The molecule has 11 heavy (non-hydrogen) atoms. The van der Waals surface area contributed by atoms with Gasteiger partial charge in [-0.1, -0.05) is 28.1 Å². The van der Waals surface area contributed by atoms with Crippen LogP contribution in [-0.4, -0.2) is 12.8 Å². The maximum absolute atomic E-state index is 4.14. The van der Waals surface area contributed by atoms with Gasteiger partial charge in [-0.25, -0.2) is 0 Å². The Kier molecular flexibility index (Phi) is 2.83. The van der Waals surface area contributed by atoms with Crippen molar-refractivity contribution in [2.45, 2.75) is 6.92 Å². The molecular formula is C9H10BrN. The van der Waals surface area contributed by atoms with Gasteiger partial charge in [0, 0.05) is 17.1 Å². The molecule has 0 unspecified atom stereocenters. The van der Waals surface area contributed by atoms with E-state index in [9.17, 15) is 0 Å². The van der Waals surface area contributed by atoms with E-state index in [4.69, 9.17) is 0 Å². The lowest BCUT2D eigenvalue weighted by Crippen LogP contribution is -2.01. The van der Waals surface area contributed by atoms with Gasteiger partial charge in [-0.3, -0.25) is 4.99 Å². The SMILES string of the molecule is C/C=C1/C(Br)=CC=CC1=NC. The highest BCUT2D eigenvalue weighted by atomic mass is 79.9. The molecule has 0 atom stereocenters. The minimum absolute atomic E-state index is 1.03. The molecule has 0 aromatic heterocycles. The Morgan fingerprint density at radius 1 is 1.55 bits per heavy atom. The monoisotopic (exact) mass is 211 g/mol. The molecule has 0 saturated heterocycles.